The van der Waals surface area contributed by atoms with Crippen LogP contribution in [0.25, 0.3) is 0 Å². The first kappa shape index (κ1) is 14.8. The van der Waals surface area contributed by atoms with E-state index in [-0.39, 0.29) is 22.7 Å². The minimum atomic E-state index is -4.31. The predicted octanol–water partition coefficient (Wildman–Crippen LogP) is 2.45. The molecular formula is C11H12F4N2S. The molecule has 0 fully saturated rings. The number of thiocarbonyl (C=S) groups is 1. The molecule has 0 aliphatic carbocycles. The molecule has 1 aromatic carbocycles. The zero-order chi connectivity index (χ0) is 13.9. The molecule has 100 valence electrons. The van der Waals surface area contributed by atoms with Gasteiger partial charge >= 0.3 is 6.18 Å². The van der Waals surface area contributed by atoms with Crippen LogP contribution in [-0.4, -0.2) is 29.7 Å². The highest BCUT2D eigenvalue weighted by molar-refractivity contribution is 7.80. The molecule has 0 heterocycles. The van der Waals surface area contributed by atoms with Gasteiger partial charge in [0.05, 0.1) is 6.54 Å². The zero-order valence-electron chi connectivity index (χ0n) is 9.59. The summed E-state index contributed by atoms with van der Waals surface area (Å²) in [5.41, 5.74) is 5.49. The van der Waals surface area contributed by atoms with Gasteiger partial charge in [-0.15, -0.1) is 0 Å². The monoisotopic (exact) mass is 280 g/mol. The van der Waals surface area contributed by atoms with E-state index in [4.69, 9.17) is 5.73 Å². The van der Waals surface area contributed by atoms with Crippen molar-refractivity contribution in [3.05, 3.63) is 35.1 Å². The normalized spacial score (nSPS) is 11.9. The van der Waals surface area contributed by atoms with E-state index in [1.165, 1.54) is 25.2 Å². The molecule has 1 rings (SSSR count). The Morgan fingerprint density at radius 3 is 2.50 bits per heavy atom. The van der Waals surface area contributed by atoms with E-state index in [0.717, 1.165) is 4.90 Å². The molecule has 0 saturated heterocycles. The Bertz CT molecular complexity index is 445. The van der Waals surface area contributed by atoms with Crippen molar-refractivity contribution in [2.24, 2.45) is 5.73 Å². The average molecular weight is 280 g/mol. The first-order valence-electron chi connectivity index (χ1n) is 5.03. The largest absolute Gasteiger partial charge is 0.401 e. The van der Waals surface area contributed by atoms with Gasteiger partial charge in [-0.25, -0.2) is 4.39 Å². The Kier molecular flexibility index (Phi) is 4.64. The van der Waals surface area contributed by atoms with Gasteiger partial charge in [-0.3, -0.25) is 4.90 Å². The molecule has 0 atom stereocenters. The van der Waals surface area contributed by atoms with Crippen molar-refractivity contribution in [1.29, 1.82) is 0 Å². The molecular weight excluding hydrogens is 268 g/mol. The minimum Gasteiger partial charge on any atom is -0.389 e. The molecule has 0 aliphatic heterocycles. The van der Waals surface area contributed by atoms with Gasteiger partial charge in [-0.1, -0.05) is 24.4 Å². The quantitative estimate of drug-likeness (QED) is 0.678. The summed E-state index contributed by atoms with van der Waals surface area (Å²) in [7, 11) is 1.26. The Balaban J connectivity index is 2.85. The van der Waals surface area contributed by atoms with Gasteiger partial charge in [-0.2, -0.15) is 13.2 Å². The molecule has 0 amide bonds. The molecule has 0 aromatic heterocycles. The number of hydrogen-bond acceptors (Lipinski definition) is 2. The van der Waals surface area contributed by atoms with Crippen molar-refractivity contribution in [2.75, 3.05) is 13.6 Å². The number of nitrogens with two attached hydrogens (primary N) is 1. The maximum Gasteiger partial charge on any atom is 0.401 e. The van der Waals surface area contributed by atoms with Crippen molar-refractivity contribution in [1.82, 2.24) is 4.90 Å². The van der Waals surface area contributed by atoms with E-state index >= 15 is 0 Å². The molecule has 0 saturated carbocycles. The third kappa shape index (κ3) is 4.23. The highest BCUT2D eigenvalue weighted by Gasteiger charge is 2.29. The summed E-state index contributed by atoms with van der Waals surface area (Å²) in [4.78, 5) is 0.856. The topological polar surface area (TPSA) is 29.3 Å². The average Bonchev–Trinajstić information content (AvgIpc) is 2.17. The highest BCUT2D eigenvalue weighted by atomic mass is 32.1. The van der Waals surface area contributed by atoms with Crippen LogP contribution in [0.4, 0.5) is 17.6 Å². The molecule has 2 N–H and O–H groups in total. The SMILES string of the molecule is CN(Cc1cccc(C(N)=S)c1F)CC(F)(F)F. The van der Waals surface area contributed by atoms with Crippen LogP contribution >= 0.6 is 12.2 Å². The summed E-state index contributed by atoms with van der Waals surface area (Å²) < 4.78 is 50.3. The maximum atomic E-state index is 13.8. The van der Waals surface area contributed by atoms with Gasteiger partial charge in [0.2, 0.25) is 0 Å². The lowest BCUT2D eigenvalue weighted by molar-refractivity contribution is -0.144. The van der Waals surface area contributed by atoms with Gasteiger partial charge in [-0.05, 0) is 13.1 Å². The number of rotatable bonds is 4. The minimum absolute atomic E-state index is 0.0444. The Labute approximate surface area is 107 Å². The molecule has 0 spiro atoms. The smallest absolute Gasteiger partial charge is 0.389 e. The van der Waals surface area contributed by atoms with Crippen LogP contribution in [0.3, 0.4) is 0 Å². The molecule has 0 radical (unpaired) electrons. The Morgan fingerprint density at radius 2 is 2.00 bits per heavy atom. The zero-order valence-corrected chi connectivity index (χ0v) is 10.4. The lowest BCUT2D eigenvalue weighted by Gasteiger charge is -2.19. The van der Waals surface area contributed by atoms with Crippen LogP contribution in [-0.2, 0) is 6.54 Å². The van der Waals surface area contributed by atoms with E-state index in [2.05, 4.69) is 12.2 Å². The summed E-state index contributed by atoms with van der Waals surface area (Å²) in [5, 5.41) is 0. The highest BCUT2D eigenvalue weighted by Crippen LogP contribution is 2.19. The van der Waals surface area contributed by atoms with Crippen molar-refractivity contribution in [2.45, 2.75) is 12.7 Å². The number of hydrogen-bond donors (Lipinski definition) is 1. The fraction of sp³-hybridized carbons (Fsp3) is 0.364. The Hall–Kier alpha value is -1.21. The van der Waals surface area contributed by atoms with Gasteiger partial charge in [0.25, 0.3) is 0 Å². The summed E-state index contributed by atoms with van der Waals surface area (Å²) >= 11 is 4.65. The van der Waals surface area contributed by atoms with E-state index in [0.29, 0.717) is 0 Å². The van der Waals surface area contributed by atoms with E-state index in [1.807, 2.05) is 0 Å². The molecule has 0 aliphatic rings. The van der Waals surface area contributed by atoms with Crippen molar-refractivity contribution < 1.29 is 17.6 Å². The fourth-order valence-electron chi connectivity index (χ4n) is 1.54. The molecule has 7 heteroatoms. The van der Waals surface area contributed by atoms with E-state index < -0.39 is 18.5 Å². The second-order valence-corrected chi connectivity index (χ2v) is 4.37. The van der Waals surface area contributed by atoms with Crippen LogP contribution in [0, 0.1) is 5.82 Å². The third-order valence-electron chi connectivity index (χ3n) is 2.23. The summed E-state index contributed by atoms with van der Waals surface area (Å²) in [6, 6.07) is 4.31. The molecule has 1 aromatic rings. The molecule has 2 nitrogen and oxygen atoms in total. The lowest BCUT2D eigenvalue weighted by atomic mass is 10.1. The van der Waals surface area contributed by atoms with Crippen LogP contribution in [0.15, 0.2) is 18.2 Å². The fourth-order valence-corrected chi connectivity index (χ4v) is 1.70. The van der Waals surface area contributed by atoms with Crippen molar-refractivity contribution >= 4 is 17.2 Å². The lowest BCUT2D eigenvalue weighted by Crippen LogP contribution is -2.31. The number of halogens is 4. The van der Waals surface area contributed by atoms with Gasteiger partial charge in [0.15, 0.2) is 0 Å². The van der Waals surface area contributed by atoms with Gasteiger partial charge in [0, 0.05) is 17.7 Å². The second-order valence-electron chi connectivity index (χ2n) is 3.93. The third-order valence-corrected chi connectivity index (χ3v) is 2.45. The first-order valence-corrected chi connectivity index (χ1v) is 5.44. The van der Waals surface area contributed by atoms with E-state index in [9.17, 15) is 17.6 Å². The number of benzene rings is 1. The van der Waals surface area contributed by atoms with Crippen LogP contribution < -0.4 is 5.73 Å². The second kappa shape index (κ2) is 5.62. The van der Waals surface area contributed by atoms with Gasteiger partial charge < -0.3 is 5.73 Å². The summed E-state index contributed by atoms with van der Waals surface area (Å²) in [6.45, 7) is -1.27. The molecule has 0 bridgehead atoms. The van der Waals surface area contributed by atoms with Crippen LogP contribution in [0.5, 0.6) is 0 Å². The summed E-state index contributed by atoms with van der Waals surface area (Å²) in [6.07, 6.45) is -4.31. The van der Waals surface area contributed by atoms with Crippen molar-refractivity contribution in [3.8, 4) is 0 Å². The molecule has 0 unspecified atom stereocenters. The number of alkyl halides is 3. The van der Waals surface area contributed by atoms with Crippen molar-refractivity contribution in [3.63, 3.8) is 0 Å². The van der Waals surface area contributed by atoms with E-state index in [1.54, 1.807) is 0 Å². The summed E-state index contributed by atoms with van der Waals surface area (Å²) in [5.74, 6) is -0.668. The Morgan fingerprint density at radius 1 is 1.39 bits per heavy atom. The van der Waals surface area contributed by atoms with Crippen LogP contribution in [0.1, 0.15) is 11.1 Å². The predicted molar refractivity (Wildman–Crippen MR) is 64.7 cm³/mol. The van der Waals surface area contributed by atoms with Crippen LogP contribution in [0.2, 0.25) is 0 Å². The number of nitrogens with zero attached hydrogens (tertiary/aromatic N) is 1. The standard InChI is InChI=1S/C11H12F4N2S/c1-17(6-11(13,14)15)5-7-3-2-4-8(9(7)12)10(16)18/h2-4H,5-6H2,1H3,(H2,16,18). The first-order chi connectivity index (χ1) is 8.20. The van der Waals surface area contributed by atoms with Gasteiger partial charge in [0.1, 0.15) is 10.8 Å². The maximum absolute atomic E-state index is 13.8. The molecule has 18 heavy (non-hydrogen) atoms.